The summed E-state index contributed by atoms with van der Waals surface area (Å²) in [4.78, 5) is 1.70. The number of hydrogen-bond acceptors (Lipinski definition) is 1. The maximum Gasteiger partial charge on any atom is 0.166 e. The summed E-state index contributed by atoms with van der Waals surface area (Å²) in [6.45, 7) is 0. The summed E-state index contributed by atoms with van der Waals surface area (Å²) >= 11 is 0. The quantitative estimate of drug-likeness (QED) is 0.784. The molecule has 0 fully saturated rings. The summed E-state index contributed by atoms with van der Waals surface area (Å²) in [5, 5.41) is 0. The molecule has 0 atom stereocenters. The summed E-state index contributed by atoms with van der Waals surface area (Å²) in [7, 11) is 3.50. The summed E-state index contributed by atoms with van der Waals surface area (Å²) in [5.74, 6) is -2.39. The molecule has 0 radical (unpaired) electrons. The largest absolute Gasteiger partial charge is 0.378 e. The zero-order valence-corrected chi connectivity index (χ0v) is 10.0. The minimum absolute atomic E-state index is 0.0533. The Morgan fingerprint density at radius 1 is 0.944 bits per heavy atom. The molecular formula is C14H12F3N. The fourth-order valence-electron chi connectivity index (χ4n) is 1.71. The van der Waals surface area contributed by atoms with Crippen LogP contribution in [0.4, 0.5) is 18.9 Å². The van der Waals surface area contributed by atoms with Crippen LogP contribution in [-0.2, 0) is 0 Å². The van der Waals surface area contributed by atoms with Gasteiger partial charge in [-0.3, -0.25) is 0 Å². The van der Waals surface area contributed by atoms with Crippen LogP contribution in [0.15, 0.2) is 36.4 Å². The van der Waals surface area contributed by atoms with Gasteiger partial charge in [0.15, 0.2) is 11.6 Å². The number of anilines is 1. The van der Waals surface area contributed by atoms with E-state index in [2.05, 4.69) is 0 Å². The van der Waals surface area contributed by atoms with Gasteiger partial charge in [0.05, 0.1) is 0 Å². The van der Waals surface area contributed by atoms with Crippen molar-refractivity contribution in [2.24, 2.45) is 0 Å². The molecule has 0 amide bonds. The Kier molecular flexibility index (Phi) is 3.28. The van der Waals surface area contributed by atoms with Gasteiger partial charge in [0.25, 0.3) is 0 Å². The molecule has 0 heterocycles. The molecule has 1 nitrogen and oxygen atoms in total. The number of benzene rings is 2. The Morgan fingerprint density at radius 3 is 2.33 bits per heavy atom. The molecule has 18 heavy (non-hydrogen) atoms. The summed E-state index contributed by atoms with van der Waals surface area (Å²) in [6.07, 6.45) is 0. The van der Waals surface area contributed by atoms with Crippen LogP contribution >= 0.6 is 0 Å². The van der Waals surface area contributed by atoms with Gasteiger partial charge in [0.2, 0.25) is 0 Å². The second kappa shape index (κ2) is 4.72. The Balaban J connectivity index is 2.60. The van der Waals surface area contributed by atoms with E-state index in [1.807, 2.05) is 0 Å². The van der Waals surface area contributed by atoms with Crippen molar-refractivity contribution in [1.82, 2.24) is 0 Å². The Morgan fingerprint density at radius 2 is 1.67 bits per heavy atom. The van der Waals surface area contributed by atoms with Crippen LogP contribution in [0.2, 0.25) is 0 Å². The highest BCUT2D eigenvalue weighted by molar-refractivity contribution is 5.69. The predicted molar refractivity (Wildman–Crippen MR) is 66.1 cm³/mol. The molecule has 0 N–H and O–H groups in total. The van der Waals surface area contributed by atoms with Crippen LogP contribution in [0.5, 0.6) is 0 Å². The zero-order chi connectivity index (χ0) is 13.3. The van der Waals surface area contributed by atoms with E-state index in [9.17, 15) is 13.2 Å². The highest BCUT2D eigenvalue weighted by atomic mass is 19.2. The lowest BCUT2D eigenvalue weighted by atomic mass is 10.0. The van der Waals surface area contributed by atoms with Crippen LogP contribution in [-0.4, -0.2) is 14.1 Å². The number of nitrogens with zero attached hydrogens (tertiary/aromatic N) is 1. The summed E-state index contributed by atoms with van der Waals surface area (Å²) in [6, 6.07) is 7.98. The van der Waals surface area contributed by atoms with Crippen molar-refractivity contribution in [3.8, 4) is 11.1 Å². The third-order valence-corrected chi connectivity index (χ3v) is 2.66. The fraction of sp³-hybridized carbons (Fsp3) is 0.143. The van der Waals surface area contributed by atoms with Gasteiger partial charge in [-0.2, -0.15) is 0 Å². The van der Waals surface area contributed by atoms with Crippen molar-refractivity contribution in [2.75, 3.05) is 19.0 Å². The van der Waals surface area contributed by atoms with Crippen LogP contribution in [0.1, 0.15) is 0 Å². The van der Waals surface area contributed by atoms with E-state index in [1.54, 1.807) is 25.1 Å². The maximum atomic E-state index is 13.6. The molecule has 2 aromatic carbocycles. The monoisotopic (exact) mass is 251 g/mol. The Labute approximate surface area is 103 Å². The van der Waals surface area contributed by atoms with Gasteiger partial charge < -0.3 is 4.90 Å². The van der Waals surface area contributed by atoms with Crippen molar-refractivity contribution in [3.05, 3.63) is 53.8 Å². The van der Waals surface area contributed by atoms with Crippen LogP contribution in [0.3, 0.4) is 0 Å². The van der Waals surface area contributed by atoms with Crippen molar-refractivity contribution in [1.29, 1.82) is 0 Å². The topological polar surface area (TPSA) is 3.24 Å². The van der Waals surface area contributed by atoms with E-state index in [0.717, 1.165) is 6.07 Å². The molecule has 0 aromatic heterocycles. The molecule has 94 valence electrons. The van der Waals surface area contributed by atoms with Gasteiger partial charge in [0.1, 0.15) is 5.82 Å². The highest BCUT2D eigenvalue weighted by Gasteiger charge is 2.11. The lowest BCUT2D eigenvalue weighted by Gasteiger charge is -2.14. The molecule has 2 rings (SSSR count). The van der Waals surface area contributed by atoms with Crippen molar-refractivity contribution in [2.45, 2.75) is 0 Å². The standard InChI is InChI=1S/C14H12F3N/c1-18(2)11-7-9(6-10(15)8-11)12-4-3-5-13(16)14(12)17/h3-8H,1-2H3. The van der Waals surface area contributed by atoms with Crippen LogP contribution in [0, 0.1) is 17.5 Å². The minimum Gasteiger partial charge on any atom is -0.378 e. The van der Waals surface area contributed by atoms with Crippen LogP contribution < -0.4 is 4.90 Å². The molecular weight excluding hydrogens is 239 g/mol. The first-order valence-electron chi connectivity index (χ1n) is 5.41. The molecule has 0 spiro atoms. The SMILES string of the molecule is CN(C)c1cc(F)cc(-c2cccc(F)c2F)c1. The first kappa shape index (κ1) is 12.5. The van der Waals surface area contributed by atoms with Gasteiger partial charge in [-0.05, 0) is 29.8 Å². The van der Waals surface area contributed by atoms with E-state index >= 15 is 0 Å². The molecule has 0 unspecified atom stereocenters. The Bertz CT molecular complexity index is 579. The van der Waals surface area contributed by atoms with Gasteiger partial charge >= 0.3 is 0 Å². The van der Waals surface area contributed by atoms with Crippen LogP contribution in [0.25, 0.3) is 11.1 Å². The maximum absolute atomic E-state index is 13.6. The van der Waals surface area contributed by atoms with E-state index in [4.69, 9.17) is 0 Å². The first-order valence-corrected chi connectivity index (χ1v) is 5.41. The number of rotatable bonds is 2. The zero-order valence-electron chi connectivity index (χ0n) is 10.0. The molecule has 2 aromatic rings. The lowest BCUT2D eigenvalue weighted by molar-refractivity contribution is 0.511. The average Bonchev–Trinajstić information content (AvgIpc) is 2.31. The number of hydrogen-bond donors (Lipinski definition) is 0. The molecule has 0 aliphatic rings. The molecule has 0 bridgehead atoms. The van der Waals surface area contributed by atoms with Gasteiger partial charge in [-0.15, -0.1) is 0 Å². The average molecular weight is 251 g/mol. The first-order chi connectivity index (χ1) is 8.49. The molecule has 4 heteroatoms. The molecule has 0 aliphatic carbocycles. The summed E-state index contributed by atoms with van der Waals surface area (Å²) in [5.41, 5.74) is 0.960. The third-order valence-electron chi connectivity index (χ3n) is 2.66. The summed E-state index contributed by atoms with van der Waals surface area (Å²) < 4.78 is 40.2. The smallest absolute Gasteiger partial charge is 0.166 e. The van der Waals surface area contributed by atoms with Gasteiger partial charge in [0, 0.05) is 25.3 Å². The van der Waals surface area contributed by atoms with Gasteiger partial charge in [-0.25, -0.2) is 13.2 Å². The number of halogens is 3. The minimum atomic E-state index is -0.965. The highest BCUT2D eigenvalue weighted by Crippen LogP contribution is 2.28. The lowest BCUT2D eigenvalue weighted by Crippen LogP contribution is -2.09. The van der Waals surface area contributed by atoms with Crippen molar-refractivity contribution >= 4 is 5.69 Å². The third kappa shape index (κ3) is 2.32. The van der Waals surface area contributed by atoms with E-state index < -0.39 is 17.5 Å². The fourth-order valence-corrected chi connectivity index (χ4v) is 1.71. The molecule has 0 saturated heterocycles. The van der Waals surface area contributed by atoms with Gasteiger partial charge in [-0.1, -0.05) is 12.1 Å². The normalized spacial score (nSPS) is 10.5. The van der Waals surface area contributed by atoms with E-state index in [1.165, 1.54) is 24.3 Å². The van der Waals surface area contributed by atoms with E-state index in [-0.39, 0.29) is 5.56 Å². The molecule has 0 aliphatic heterocycles. The molecule has 0 saturated carbocycles. The second-order valence-corrected chi connectivity index (χ2v) is 4.19. The van der Waals surface area contributed by atoms with E-state index in [0.29, 0.717) is 11.3 Å². The van der Waals surface area contributed by atoms with Crippen molar-refractivity contribution in [3.63, 3.8) is 0 Å². The predicted octanol–water partition coefficient (Wildman–Crippen LogP) is 3.84. The van der Waals surface area contributed by atoms with Crippen molar-refractivity contribution < 1.29 is 13.2 Å². The second-order valence-electron chi connectivity index (χ2n) is 4.19. The Hall–Kier alpha value is -1.97.